The van der Waals surface area contributed by atoms with Gasteiger partial charge in [-0.3, -0.25) is 14.4 Å². The number of Topliss-reactive ketones (excluding diaryl/α,β-unsaturated/α-hetero) is 1. The maximum absolute atomic E-state index is 12.7. The zero-order chi connectivity index (χ0) is 29.7. The van der Waals surface area contributed by atoms with E-state index in [0.717, 1.165) is 0 Å². The second-order valence-electron chi connectivity index (χ2n) is 12.0. The highest BCUT2D eigenvalue weighted by molar-refractivity contribution is 7.98. The maximum Gasteiger partial charge on any atom is 0.408 e. The van der Waals surface area contributed by atoms with Crippen LogP contribution in [0.1, 0.15) is 67.2 Å². The fraction of sp³-hybridized carbons (Fsp3) is 0.808. The molecular weight excluding hydrogens is 514 g/mol. The van der Waals surface area contributed by atoms with Crippen molar-refractivity contribution in [1.82, 2.24) is 10.6 Å². The molecule has 0 aliphatic rings. The summed E-state index contributed by atoms with van der Waals surface area (Å²) in [7, 11) is 5.95. The van der Waals surface area contributed by atoms with Crippen LogP contribution in [0.5, 0.6) is 0 Å². The van der Waals surface area contributed by atoms with Crippen molar-refractivity contribution in [3.63, 3.8) is 0 Å². The number of ether oxygens (including phenoxy) is 3. The fourth-order valence-electron chi connectivity index (χ4n) is 2.90. The molecule has 0 rings (SSSR count). The molecule has 2 atom stereocenters. The fourth-order valence-corrected chi connectivity index (χ4v) is 3.50. The van der Waals surface area contributed by atoms with Crippen LogP contribution < -0.4 is 10.6 Å². The number of hydrogen-bond donors (Lipinski definition) is 2. The van der Waals surface area contributed by atoms with E-state index in [0.29, 0.717) is 16.8 Å². The third kappa shape index (κ3) is 18.8. The van der Waals surface area contributed by atoms with E-state index < -0.39 is 47.2 Å². The van der Waals surface area contributed by atoms with Gasteiger partial charge in [-0.1, -0.05) is 0 Å². The summed E-state index contributed by atoms with van der Waals surface area (Å²) in [4.78, 5) is 62.3. The summed E-state index contributed by atoms with van der Waals surface area (Å²) in [6, 6.07) is -1.92. The van der Waals surface area contributed by atoms with E-state index in [-0.39, 0.29) is 38.1 Å². The summed E-state index contributed by atoms with van der Waals surface area (Å²) in [5.41, 5.74) is -1.57. The number of esters is 2. The normalized spacial score (nSPS) is 13.6. The van der Waals surface area contributed by atoms with Gasteiger partial charge in [-0.25, -0.2) is 9.59 Å². The van der Waals surface area contributed by atoms with Crippen molar-refractivity contribution in [3.05, 3.63) is 0 Å². The monoisotopic (exact) mass is 562 g/mol. The minimum Gasteiger partial charge on any atom is -0.460 e. The van der Waals surface area contributed by atoms with Crippen LogP contribution in [0.25, 0.3) is 0 Å². The van der Waals surface area contributed by atoms with E-state index in [9.17, 15) is 24.0 Å². The molecule has 0 aliphatic heterocycles. The average molecular weight is 563 g/mol. The summed E-state index contributed by atoms with van der Waals surface area (Å²) in [5.74, 6) is -1.59. The predicted octanol–water partition coefficient (Wildman–Crippen LogP) is 2.45. The Hall–Kier alpha value is -2.34. The molecule has 38 heavy (non-hydrogen) atoms. The van der Waals surface area contributed by atoms with Gasteiger partial charge in [0.15, 0.2) is 5.78 Å². The Morgan fingerprint density at radius 2 is 1.39 bits per heavy atom. The van der Waals surface area contributed by atoms with Crippen molar-refractivity contribution in [2.75, 3.05) is 46.3 Å². The summed E-state index contributed by atoms with van der Waals surface area (Å²) < 4.78 is 16.4. The molecule has 0 saturated heterocycles. The molecule has 0 aliphatic carbocycles. The minimum atomic E-state index is -1.12. The first kappa shape index (κ1) is 35.7. The van der Waals surface area contributed by atoms with E-state index in [2.05, 4.69) is 10.6 Å². The third-order valence-electron chi connectivity index (χ3n) is 4.70. The van der Waals surface area contributed by atoms with Crippen molar-refractivity contribution < 1.29 is 42.7 Å². The minimum absolute atomic E-state index is 0.0568. The van der Waals surface area contributed by atoms with Crippen LogP contribution >= 0.6 is 11.8 Å². The highest BCUT2D eigenvalue weighted by atomic mass is 32.2. The molecule has 0 aromatic carbocycles. The first-order valence-electron chi connectivity index (χ1n) is 12.7. The van der Waals surface area contributed by atoms with Crippen molar-refractivity contribution in [2.45, 2.75) is 90.5 Å². The van der Waals surface area contributed by atoms with Gasteiger partial charge in [0.25, 0.3) is 0 Å². The number of carbonyl (C=O) groups excluding carboxylic acids is 5. The van der Waals surface area contributed by atoms with E-state index in [1.54, 1.807) is 47.8 Å². The lowest BCUT2D eigenvalue weighted by atomic mass is 10.1. The number of quaternary nitrogens is 1. The molecule has 2 N–H and O–H groups in total. The summed E-state index contributed by atoms with van der Waals surface area (Å²) >= 11 is 1.38. The van der Waals surface area contributed by atoms with E-state index in [1.807, 2.05) is 21.1 Å². The van der Waals surface area contributed by atoms with Gasteiger partial charge in [0.1, 0.15) is 30.4 Å². The Balaban J connectivity index is 5.03. The zero-order valence-electron chi connectivity index (χ0n) is 24.7. The number of amides is 2. The van der Waals surface area contributed by atoms with Gasteiger partial charge in [-0.05, 0) is 54.2 Å². The van der Waals surface area contributed by atoms with Crippen molar-refractivity contribution in [3.8, 4) is 0 Å². The predicted molar refractivity (Wildman–Crippen MR) is 147 cm³/mol. The van der Waals surface area contributed by atoms with Gasteiger partial charge in [-0.2, -0.15) is 11.8 Å². The first-order chi connectivity index (χ1) is 17.2. The molecule has 0 spiro atoms. The molecule has 0 bridgehead atoms. The van der Waals surface area contributed by atoms with Crippen LogP contribution in [0.4, 0.5) is 4.79 Å². The molecule has 0 aromatic heterocycles. The zero-order valence-corrected chi connectivity index (χ0v) is 25.5. The van der Waals surface area contributed by atoms with Crippen LogP contribution in [0.2, 0.25) is 0 Å². The van der Waals surface area contributed by atoms with E-state index >= 15 is 0 Å². The number of hydrogen-bond acceptors (Lipinski definition) is 9. The second-order valence-corrected chi connectivity index (χ2v) is 13.0. The third-order valence-corrected chi connectivity index (χ3v) is 5.37. The standard InChI is InChI=1S/C26H47N3O8S/c1-25(2,3)36-23(33)18(28-24(34)37-26(4,5)6)11-13-21(31)27-19(17-38-10)20(30)12-14-22(32)35-16-15-29(7,8)9/h18-19H,11-17H2,1-10H3,(H-,27,28,31,34)/p+1. The second kappa shape index (κ2) is 15.9. The number of likely N-dealkylation sites (N-methyl/N-ethyl adjacent to an activating group) is 1. The Kier molecular flexibility index (Phi) is 14.9. The number of thioether (sulfide) groups is 1. The molecule has 11 nitrogen and oxygen atoms in total. The van der Waals surface area contributed by atoms with Gasteiger partial charge >= 0.3 is 18.0 Å². The van der Waals surface area contributed by atoms with Gasteiger partial charge < -0.3 is 29.3 Å². The molecule has 2 amide bonds. The lowest BCUT2D eigenvalue weighted by Crippen LogP contribution is -2.47. The van der Waals surface area contributed by atoms with Gasteiger partial charge in [0.2, 0.25) is 5.91 Å². The highest BCUT2D eigenvalue weighted by Crippen LogP contribution is 2.13. The average Bonchev–Trinajstić information content (AvgIpc) is 2.71. The quantitative estimate of drug-likeness (QED) is 0.175. The Labute approximate surface area is 231 Å². The number of nitrogens with zero attached hydrogens (tertiary/aromatic N) is 1. The van der Waals surface area contributed by atoms with Crippen LogP contribution in [0, 0.1) is 0 Å². The van der Waals surface area contributed by atoms with Crippen molar-refractivity contribution >= 4 is 41.5 Å². The van der Waals surface area contributed by atoms with Crippen LogP contribution in [-0.4, -0.2) is 104 Å². The number of nitrogens with one attached hydrogen (secondary N) is 2. The number of alkyl carbamates (subject to hydrolysis) is 1. The van der Waals surface area contributed by atoms with Crippen LogP contribution in [-0.2, 0) is 33.4 Å². The van der Waals surface area contributed by atoms with Crippen molar-refractivity contribution in [1.29, 1.82) is 0 Å². The molecule has 2 unspecified atom stereocenters. The van der Waals surface area contributed by atoms with Gasteiger partial charge in [0, 0.05) is 18.6 Å². The molecule has 0 heterocycles. The Bertz CT molecular complexity index is 813. The first-order valence-corrected chi connectivity index (χ1v) is 14.1. The smallest absolute Gasteiger partial charge is 0.408 e. The number of carbonyl (C=O) groups is 5. The topological polar surface area (TPSA) is 137 Å². The molecule has 220 valence electrons. The molecular formula is C26H48N3O8S+. The van der Waals surface area contributed by atoms with Crippen LogP contribution in [0.3, 0.4) is 0 Å². The Morgan fingerprint density at radius 1 is 0.816 bits per heavy atom. The summed E-state index contributed by atoms with van der Waals surface area (Å²) in [6.07, 6.45) is 0.656. The highest BCUT2D eigenvalue weighted by Gasteiger charge is 2.30. The van der Waals surface area contributed by atoms with Gasteiger partial charge in [-0.15, -0.1) is 0 Å². The van der Waals surface area contributed by atoms with Gasteiger partial charge in [0.05, 0.1) is 33.6 Å². The maximum atomic E-state index is 12.7. The molecule has 12 heteroatoms. The van der Waals surface area contributed by atoms with E-state index in [4.69, 9.17) is 14.2 Å². The van der Waals surface area contributed by atoms with Crippen molar-refractivity contribution in [2.24, 2.45) is 0 Å². The SMILES string of the molecule is CSCC(NC(=O)CCC(NC(=O)OC(C)(C)C)C(=O)OC(C)(C)C)C(=O)CCC(=O)OCC[N+](C)(C)C. The Morgan fingerprint density at radius 3 is 1.89 bits per heavy atom. The summed E-state index contributed by atoms with van der Waals surface area (Å²) in [5, 5.41) is 5.15. The molecule has 0 fully saturated rings. The largest absolute Gasteiger partial charge is 0.460 e. The number of rotatable bonds is 15. The molecule has 0 aromatic rings. The lowest BCUT2D eigenvalue weighted by Gasteiger charge is -2.26. The molecule has 0 radical (unpaired) electrons. The van der Waals surface area contributed by atoms with E-state index in [1.165, 1.54) is 11.8 Å². The summed E-state index contributed by atoms with van der Waals surface area (Å²) in [6.45, 7) is 11.1. The molecule has 0 saturated carbocycles. The number of ketones is 1. The lowest BCUT2D eigenvalue weighted by molar-refractivity contribution is -0.870. The van der Waals surface area contributed by atoms with Crippen LogP contribution in [0.15, 0.2) is 0 Å².